The van der Waals surface area contributed by atoms with E-state index >= 15 is 0 Å². The third-order valence-corrected chi connectivity index (χ3v) is 3.93. The number of carbonyl (C=O) groups excluding carboxylic acids is 1. The van der Waals surface area contributed by atoms with Crippen molar-refractivity contribution in [1.82, 2.24) is 20.0 Å². The van der Waals surface area contributed by atoms with Gasteiger partial charge >= 0.3 is 6.18 Å². The lowest BCUT2D eigenvalue weighted by Gasteiger charge is -2.32. The first-order chi connectivity index (χ1) is 11.4. The molecule has 0 radical (unpaired) electrons. The lowest BCUT2D eigenvalue weighted by Crippen LogP contribution is -2.51. The maximum absolute atomic E-state index is 13.0. The second-order valence-corrected chi connectivity index (χ2v) is 5.78. The van der Waals surface area contributed by atoms with Crippen molar-refractivity contribution < 1.29 is 18.0 Å². The van der Waals surface area contributed by atoms with Gasteiger partial charge < -0.3 is 10.2 Å². The fourth-order valence-corrected chi connectivity index (χ4v) is 2.79. The Labute approximate surface area is 137 Å². The number of nitrogens with zero attached hydrogens (tertiary/aromatic N) is 3. The molecule has 1 amide bonds. The van der Waals surface area contributed by atoms with Gasteiger partial charge in [-0.15, -0.1) is 0 Å². The van der Waals surface area contributed by atoms with E-state index in [4.69, 9.17) is 0 Å². The van der Waals surface area contributed by atoms with Gasteiger partial charge in [0.1, 0.15) is 5.69 Å². The minimum Gasteiger partial charge on any atom is -0.336 e. The van der Waals surface area contributed by atoms with Gasteiger partial charge in [0.05, 0.1) is 11.9 Å². The predicted molar refractivity (Wildman–Crippen MR) is 81.9 cm³/mol. The zero-order valence-electron chi connectivity index (χ0n) is 13.0. The fourth-order valence-electron chi connectivity index (χ4n) is 2.79. The number of carbonyl (C=O) groups is 1. The second kappa shape index (κ2) is 6.27. The van der Waals surface area contributed by atoms with Crippen LogP contribution in [0.25, 0.3) is 5.69 Å². The Hall–Kier alpha value is -2.35. The molecule has 24 heavy (non-hydrogen) atoms. The Morgan fingerprint density at radius 1 is 1.33 bits per heavy atom. The van der Waals surface area contributed by atoms with Crippen molar-refractivity contribution in [2.45, 2.75) is 19.1 Å². The van der Waals surface area contributed by atoms with Crippen molar-refractivity contribution in [3.05, 3.63) is 47.8 Å². The number of amides is 1. The molecule has 3 rings (SSSR count). The Kier molecular flexibility index (Phi) is 4.31. The standard InChI is InChI=1S/C16H17F3N4O/c1-11-10-22(8-7-20-11)15(24)12-3-2-4-13(9-12)23-14(5-6-21-23)16(17,18)19/h2-6,9,11,20H,7-8,10H2,1H3. The van der Waals surface area contributed by atoms with Crippen molar-refractivity contribution in [3.8, 4) is 5.69 Å². The quantitative estimate of drug-likeness (QED) is 0.914. The first-order valence-electron chi connectivity index (χ1n) is 7.60. The maximum atomic E-state index is 13.0. The summed E-state index contributed by atoms with van der Waals surface area (Å²) in [5, 5.41) is 6.98. The van der Waals surface area contributed by atoms with Crippen molar-refractivity contribution in [3.63, 3.8) is 0 Å². The van der Waals surface area contributed by atoms with Crippen LogP contribution in [0.15, 0.2) is 36.5 Å². The highest BCUT2D eigenvalue weighted by Gasteiger charge is 2.35. The van der Waals surface area contributed by atoms with Crippen LogP contribution in [0.5, 0.6) is 0 Å². The third-order valence-electron chi connectivity index (χ3n) is 3.93. The van der Waals surface area contributed by atoms with Crippen molar-refractivity contribution in [2.24, 2.45) is 0 Å². The van der Waals surface area contributed by atoms with Crippen LogP contribution in [0.2, 0.25) is 0 Å². The number of nitrogens with one attached hydrogen (secondary N) is 1. The summed E-state index contributed by atoms with van der Waals surface area (Å²) < 4.78 is 39.9. The number of rotatable bonds is 2. The molecule has 5 nitrogen and oxygen atoms in total. The zero-order valence-corrected chi connectivity index (χ0v) is 13.0. The van der Waals surface area contributed by atoms with E-state index in [2.05, 4.69) is 10.4 Å². The molecule has 1 aliphatic heterocycles. The Morgan fingerprint density at radius 2 is 2.12 bits per heavy atom. The minimum atomic E-state index is -4.51. The zero-order chi connectivity index (χ0) is 17.3. The largest absolute Gasteiger partial charge is 0.433 e. The van der Waals surface area contributed by atoms with Crippen LogP contribution in [-0.4, -0.2) is 46.3 Å². The van der Waals surface area contributed by atoms with Gasteiger partial charge in [-0.05, 0) is 31.2 Å². The fraction of sp³-hybridized carbons (Fsp3) is 0.375. The minimum absolute atomic E-state index is 0.189. The molecule has 2 aromatic rings. The molecule has 0 spiro atoms. The summed E-state index contributed by atoms with van der Waals surface area (Å²) in [7, 11) is 0. The molecule has 2 heterocycles. The average molecular weight is 338 g/mol. The highest BCUT2D eigenvalue weighted by molar-refractivity contribution is 5.94. The molecule has 1 saturated heterocycles. The number of aromatic nitrogens is 2. The molecule has 1 aliphatic rings. The van der Waals surface area contributed by atoms with Gasteiger partial charge in [-0.2, -0.15) is 18.3 Å². The van der Waals surface area contributed by atoms with Crippen molar-refractivity contribution in [1.29, 1.82) is 0 Å². The molecule has 8 heteroatoms. The highest BCUT2D eigenvalue weighted by atomic mass is 19.4. The van der Waals surface area contributed by atoms with Gasteiger partial charge in [0.2, 0.25) is 0 Å². The number of piperazine rings is 1. The Balaban J connectivity index is 1.90. The molecule has 1 unspecified atom stereocenters. The monoisotopic (exact) mass is 338 g/mol. The lowest BCUT2D eigenvalue weighted by atomic mass is 10.1. The van der Waals surface area contributed by atoms with Gasteiger partial charge in [0.25, 0.3) is 5.91 Å². The van der Waals surface area contributed by atoms with E-state index in [1.165, 1.54) is 12.1 Å². The first-order valence-corrected chi connectivity index (χ1v) is 7.60. The smallest absolute Gasteiger partial charge is 0.336 e. The second-order valence-electron chi connectivity index (χ2n) is 5.78. The SMILES string of the molecule is CC1CN(C(=O)c2cccc(-n3nccc3C(F)(F)F)c2)CCN1. The summed E-state index contributed by atoms with van der Waals surface area (Å²) in [6, 6.07) is 7.21. The molecular formula is C16H17F3N4O. The molecule has 1 aromatic carbocycles. The van der Waals surface area contributed by atoms with Gasteiger partial charge in [-0.25, -0.2) is 4.68 Å². The van der Waals surface area contributed by atoms with Crippen LogP contribution in [0, 0.1) is 0 Å². The molecule has 128 valence electrons. The van der Waals surface area contributed by atoms with Crippen LogP contribution in [0.4, 0.5) is 13.2 Å². The van der Waals surface area contributed by atoms with Crippen molar-refractivity contribution >= 4 is 5.91 Å². The van der Waals surface area contributed by atoms with Gasteiger partial charge in [-0.3, -0.25) is 4.79 Å². The average Bonchev–Trinajstić information content (AvgIpc) is 3.04. The van der Waals surface area contributed by atoms with E-state index in [1.54, 1.807) is 17.0 Å². The number of halogens is 3. The van der Waals surface area contributed by atoms with Crippen LogP contribution < -0.4 is 5.32 Å². The molecule has 0 saturated carbocycles. The summed E-state index contributed by atoms with van der Waals surface area (Å²) in [6.45, 7) is 3.82. The molecular weight excluding hydrogens is 321 g/mol. The summed E-state index contributed by atoms with van der Waals surface area (Å²) in [5.41, 5.74) is -0.311. The number of hydrogen-bond acceptors (Lipinski definition) is 3. The van der Waals surface area contributed by atoms with Crippen LogP contribution in [-0.2, 0) is 6.18 Å². The molecule has 1 atom stereocenters. The predicted octanol–water partition coefficient (Wildman–Crippen LogP) is 2.33. The topological polar surface area (TPSA) is 50.2 Å². The summed E-state index contributed by atoms with van der Waals surface area (Å²) in [6.07, 6.45) is -3.42. The van der Waals surface area contributed by atoms with Gasteiger partial charge in [0, 0.05) is 31.2 Å². The highest BCUT2D eigenvalue weighted by Crippen LogP contribution is 2.30. The van der Waals surface area contributed by atoms with Crippen LogP contribution in [0.3, 0.4) is 0 Å². The lowest BCUT2D eigenvalue weighted by molar-refractivity contribution is -0.142. The Morgan fingerprint density at radius 3 is 2.83 bits per heavy atom. The van der Waals surface area contributed by atoms with Crippen LogP contribution >= 0.6 is 0 Å². The number of hydrogen-bond donors (Lipinski definition) is 1. The number of benzene rings is 1. The summed E-state index contributed by atoms with van der Waals surface area (Å²) in [4.78, 5) is 14.3. The van der Waals surface area contributed by atoms with Gasteiger partial charge in [0.15, 0.2) is 0 Å². The molecule has 0 bridgehead atoms. The van der Waals surface area contributed by atoms with E-state index < -0.39 is 11.9 Å². The van der Waals surface area contributed by atoms with E-state index in [0.717, 1.165) is 16.9 Å². The molecule has 1 fully saturated rings. The van der Waals surface area contributed by atoms with Gasteiger partial charge in [-0.1, -0.05) is 6.07 Å². The Bertz CT molecular complexity index is 741. The van der Waals surface area contributed by atoms with E-state index in [1.807, 2.05) is 6.92 Å². The van der Waals surface area contributed by atoms with E-state index in [0.29, 0.717) is 25.2 Å². The molecule has 1 N–H and O–H groups in total. The van der Waals surface area contributed by atoms with E-state index in [-0.39, 0.29) is 17.6 Å². The maximum Gasteiger partial charge on any atom is 0.433 e. The van der Waals surface area contributed by atoms with Crippen molar-refractivity contribution in [2.75, 3.05) is 19.6 Å². The number of alkyl halides is 3. The molecule has 0 aliphatic carbocycles. The van der Waals surface area contributed by atoms with Crippen LogP contribution in [0.1, 0.15) is 23.0 Å². The normalized spacial score (nSPS) is 18.7. The van der Waals surface area contributed by atoms with E-state index in [9.17, 15) is 18.0 Å². The third kappa shape index (κ3) is 3.28. The first kappa shape index (κ1) is 16.5. The summed E-state index contributed by atoms with van der Waals surface area (Å²) >= 11 is 0. The molecule has 1 aromatic heterocycles. The summed E-state index contributed by atoms with van der Waals surface area (Å²) in [5.74, 6) is -0.189.